The number of rotatable bonds is 7. The summed E-state index contributed by atoms with van der Waals surface area (Å²) in [6, 6.07) is 14.1. The molecule has 3 aromatic heterocycles. The summed E-state index contributed by atoms with van der Waals surface area (Å²) >= 11 is 3.17. The first-order chi connectivity index (χ1) is 15.7. The predicted molar refractivity (Wildman–Crippen MR) is 124 cm³/mol. The molecule has 160 valence electrons. The number of benzene rings is 2. The number of nitrogens with zero attached hydrogens (tertiary/aromatic N) is 5. The van der Waals surface area contributed by atoms with Crippen molar-refractivity contribution in [1.82, 2.24) is 24.7 Å². The summed E-state index contributed by atoms with van der Waals surface area (Å²) in [5.41, 5.74) is 3.60. The Kier molecular flexibility index (Phi) is 5.83. The Hall–Kier alpha value is -3.30. The molecule has 32 heavy (non-hydrogen) atoms. The maximum atomic E-state index is 13.2. The molecule has 3 heterocycles. The molecular formula is C23H18FN5OS2. The molecule has 5 rings (SSSR count). The van der Waals surface area contributed by atoms with Gasteiger partial charge in [0.2, 0.25) is 0 Å². The number of thiazole rings is 1. The van der Waals surface area contributed by atoms with E-state index in [0.29, 0.717) is 18.0 Å². The van der Waals surface area contributed by atoms with Crippen LogP contribution in [0.1, 0.15) is 16.3 Å². The van der Waals surface area contributed by atoms with Crippen molar-refractivity contribution in [3.63, 3.8) is 0 Å². The van der Waals surface area contributed by atoms with Crippen LogP contribution in [0.15, 0.2) is 71.5 Å². The summed E-state index contributed by atoms with van der Waals surface area (Å²) in [6.07, 6.45) is 3.26. The summed E-state index contributed by atoms with van der Waals surface area (Å²) in [5, 5.41) is 9.07. The van der Waals surface area contributed by atoms with Gasteiger partial charge in [-0.2, -0.15) is 5.10 Å². The van der Waals surface area contributed by atoms with E-state index in [-0.39, 0.29) is 5.82 Å². The Bertz CT molecular complexity index is 1350. The van der Waals surface area contributed by atoms with E-state index >= 15 is 0 Å². The van der Waals surface area contributed by atoms with E-state index in [4.69, 9.17) is 4.74 Å². The summed E-state index contributed by atoms with van der Waals surface area (Å²) in [6.45, 7) is 2.49. The quantitative estimate of drug-likeness (QED) is 0.232. The zero-order chi connectivity index (χ0) is 21.9. The lowest BCUT2D eigenvalue weighted by atomic mass is 10.2. The largest absolute Gasteiger partial charge is 0.486 e. The molecule has 2 aromatic carbocycles. The van der Waals surface area contributed by atoms with Crippen molar-refractivity contribution in [2.45, 2.75) is 24.3 Å². The third kappa shape index (κ3) is 4.49. The molecule has 0 saturated heterocycles. The molecule has 0 aliphatic carbocycles. The number of fused-ring (bicyclic) bond motifs is 1. The Morgan fingerprint density at radius 3 is 2.69 bits per heavy atom. The monoisotopic (exact) mass is 463 g/mol. The lowest BCUT2D eigenvalue weighted by Gasteiger charge is -2.04. The highest BCUT2D eigenvalue weighted by atomic mass is 32.2. The second kappa shape index (κ2) is 9.05. The van der Waals surface area contributed by atoms with Crippen molar-refractivity contribution in [3.05, 3.63) is 88.5 Å². The van der Waals surface area contributed by atoms with Gasteiger partial charge in [0.15, 0.2) is 5.65 Å². The fourth-order valence-corrected chi connectivity index (χ4v) is 4.78. The van der Waals surface area contributed by atoms with E-state index in [2.05, 4.69) is 20.1 Å². The molecule has 6 nitrogen and oxygen atoms in total. The summed E-state index contributed by atoms with van der Waals surface area (Å²) in [5.74, 6) is 1.22. The van der Waals surface area contributed by atoms with Gasteiger partial charge in [0.05, 0.1) is 23.0 Å². The van der Waals surface area contributed by atoms with Crippen molar-refractivity contribution in [1.29, 1.82) is 0 Å². The summed E-state index contributed by atoms with van der Waals surface area (Å²) in [7, 11) is 0. The zero-order valence-corrected chi connectivity index (χ0v) is 18.7. The molecule has 0 spiro atoms. The third-order valence-electron chi connectivity index (χ3n) is 4.74. The van der Waals surface area contributed by atoms with Gasteiger partial charge in [0.25, 0.3) is 0 Å². The topological polar surface area (TPSA) is 65.7 Å². The molecule has 0 aliphatic rings. The lowest BCUT2D eigenvalue weighted by Crippen LogP contribution is -1.98. The minimum atomic E-state index is -0.289. The van der Waals surface area contributed by atoms with Crippen LogP contribution < -0.4 is 4.74 Å². The van der Waals surface area contributed by atoms with E-state index in [0.717, 1.165) is 32.6 Å². The Labute approximate surface area is 192 Å². The second-order valence-corrected chi connectivity index (χ2v) is 8.98. The average molecular weight is 464 g/mol. The minimum Gasteiger partial charge on any atom is -0.486 e. The van der Waals surface area contributed by atoms with Crippen molar-refractivity contribution in [2.75, 3.05) is 0 Å². The van der Waals surface area contributed by atoms with Crippen LogP contribution in [0.3, 0.4) is 0 Å². The molecule has 0 atom stereocenters. The van der Waals surface area contributed by atoms with Crippen molar-refractivity contribution in [3.8, 4) is 11.4 Å². The summed E-state index contributed by atoms with van der Waals surface area (Å²) < 4.78 is 20.8. The van der Waals surface area contributed by atoms with Gasteiger partial charge in [0.1, 0.15) is 34.5 Å². The highest BCUT2D eigenvalue weighted by molar-refractivity contribution is 7.98. The third-order valence-corrected chi connectivity index (χ3v) is 6.65. The number of aromatic nitrogens is 5. The van der Waals surface area contributed by atoms with Gasteiger partial charge in [-0.3, -0.25) is 0 Å². The van der Waals surface area contributed by atoms with Gasteiger partial charge >= 0.3 is 0 Å². The van der Waals surface area contributed by atoms with Crippen LogP contribution in [0.2, 0.25) is 0 Å². The van der Waals surface area contributed by atoms with Crippen LogP contribution in [0.4, 0.5) is 4.39 Å². The van der Waals surface area contributed by atoms with E-state index in [1.165, 1.54) is 24.0 Å². The van der Waals surface area contributed by atoms with Crippen LogP contribution in [0.25, 0.3) is 16.7 Å². The Morgan fingerprint density at radius 1 is 1.06 bits per heavy atom. The van der Waals surface area contributed by atoms with Crippen LogP contribution in [0.5, 0.6) is 5.75 Å². The number of aryl methyl sites for hydroxylation is 1. The van der Waals surface area contributed by atoms with Gasteiger partial charge in [-0.25, -0.2) is 24.0 Å². The van der Waals surface area contributed by atoms with Crippen molar-refractivity contribution < 1.29 is 9.13 Å². The van der Waals surface area contributed by atoms with E-state index in [1.807, 2.05) is 36.6 Å². The molecular weight excluding hydrogens is 445 g/mol. The fraction of sp³-hybridized carbons (Fsp3) is 0.130. The first kappa shape index (κ1) is 20.6. The first-order valence-corrected chi connectivity index (χ1v) is 11.7. The van der Waals surface area contributed by atoms with Crippen molar-refractivity contribution in [2.24, 2.45) is 0 Å². The summed E-state index contributed by atoms with van der Waals surface area (Å²) in [4.78, 5) is 13.5. The number of thioether (sulfide) groups is 1. The number of hydrogen-bond acceptors (Lipinski definition) is 7. The van der Waals surface area contributed by atoms with Gasteiger partial charge < -0.3 is 4.74 Å². The van der Waals surface area contributed by atoms with Gasteiger partial charge in [-0.1, -0.05) is 29.5 Å². The fourth-order valence-electron chi connectivity index (χ4n) is 3.11. The highest BCUT2D eigenvalue weighted by Gasteiger charge is 2.13. The Morgan fingerprint density at radius 2 is 1.88 bits per heavy atom. The van der Waals surface area contributed by atoms with E-state index < -0.39 is 0 Å². The first-order valence-electron chi connectivity index (χ1n) is 9.86. The SMILES string of the molecule is Cc1ccc(OCc2nc(CSc3ncnc4c3cnn4-c3ccc(F)cc3)cs2)cc1. The van der Waals surface area contributed by atoms with Gasteiger partial charge in [-0.15, -0.1) is 11.3 Å². The highest BCUT2D eigenvalue weighted by Crippen LogP contribution is 2.29. The molecule has 5 aromatic rings. The molecule has 0 N–H and O–H groups in total. The molecule has 0 bridgehead atoms. The van der Waals surface area contributed by atoms with Gasteiger partial charge in [-0.05, 0) is 43.3 Å². The molecule has 0 fully saturated rings. The van der Waals surface area contributed by atoms with Crippen LogP contribution >= 0.6 is 23.1 Å². The second-order valence-electron chi connectivity index (χ2n) is 7.07. The van der Waals surface area contributed by atoms with E-state index in [9.17, 15) is 4.39 Å². The average Bonchev–Trinajstić information content (AvgIpc) is 3.45. The maximum absolute atomic E-state index is 13.2. The number of ether oxygens (including phenoxy) is 1. The lowest BCUT2D eigenvalue weighted by molar-refractivity contribution is 0.305. The number of halogens is 1. The maximum Gasteiger partial charge on any atom is 0.167 e. The Balaban J connectivity index is 1.26. The molecule has 0 aliphatic heterocycles. The zero-order valence-electron chi connectivity index (χ0n) is 17.1. The predicted octanol–water partition coefficient (Wildman–Crippen LogP) is 5.59. The molecule has 0 unspecified atom stereocenters. The normalized spacial score (nSPS) is 11.2. The minimum absolute atomic E-state index is 0.289. The molecule has 9 heteroatoms. The van der Waals surface area contributed by atoms with Crippen LogP contribution in [-0.2, 0) is 12.4 Å². The van der Waals surface area contributed by atoms with Crippen molar-refractivity contribution >= 4 is 34.1 Å². The molecule has 0 amide bonds. The smallest absolute Gasteiger partial charge is 0.167 e. The van der Waals surface area contributed by atoms with Crippen LogP contribution in [0, 0.1) is 12.7 Å². The molecule has 0 radical (unpaired) electrons. The molecule has 0 saturated carbocycles. The van der Waals surface area contributed by atoms with E-state index in [1.54, 1.807) is 46.1 Å². The number of hydrogen-bond donors (Lipinski definition) is 0. The standard InChI is InChI=1S/C23H18FN5OS2/c1-15-2-8-19(9-3-15)30-11-21-28-17(12-31-21)13-32-23-20-10-27-29(22(20)25-14-26-23)18-6-4-16(24)5-7-18/h2-10,12,14H,11,13H2,1H3. The van der Waals surface area contributed by atoms with Gasteiger partial charge in [0, 0.05) is 11.1 Å². The van der Waals surface area contributed by atoms with Crippen LogP contribution in [-0.4, -0.2) is 24.7 Å².